The Morgan fingerprint density at radius 3 is 3.04 bits per heavy atom. The van der Waals surface area contributed by atoms with Crippen LogP contribution in [0.3, 0.4) is 0 Å². The van der Waals surface area contributed by atoms with Gasteiger partial charge in [0.1, 0.15) is 24.5 Å². The molecule has 0 spiro atoms. The fourth-order valence-corrected chi connectivity index (χ4v) is 3.32. The van der Waals surface area contributed by atoms with Gasteiger partial charge in [-0.05, 0) is 37.8 Å². The lowest BCUT2D eigenvalue weighted by Crippen LogP contribution is -2.28. The van der Waals surface area contributed by atoms with Gasteiger partial charge in [0.05, 0.1) is 19.2 Å². The van der Waals surface area contributed by atoms with Crippen LogP contribution < -0.4 is 10.2 Å². The number of fused-ring (bicyclic) bond motifs is 1. The minimum Gasteiger partial charge on any atom is -0.491 e. The first-order valence-electron chi connectivity index (χ1n) is 9.12. The number of nitrogens with zero attached hydrogens (tertiary/aromatic N) is 3. The van der Waals surface area contributed by atoms with Crippen molar-refractivity contribution in [2.24, 2.45) is 0 Å². The lowest BCUT2D eigenvalue weighted by Gasteiger charge is -2.25. The topological polar surface area (TPSA) is 87.6 Å². The van der Waals surface area contributed by atoms with Crippen LogP contribution in [0.5, 0.6) is 0 Å². The molecule has 7 nitrogen and oxygen atoms in total. The Balaban J connectivity index is 1.96. The fraction of sp³-hybridized carbons (Fsp3) is 0.526. The highest BCUT2D eigenvalue weighted by molar-refractivity contribution is 5.61. The molecule has 0 bridgehead atoms. The van der Waals surface area contributed by atoms with E-state index in [2.05, 4.69) is 5.32 Å². The molecule has 1 aliphatic heterocycles. The predicted octanol–water partition coefficient (Wildman–Crippen LogP) is 1.08. The summed E-state index contributed by atoms with van der Waals surface area (Å²) in [6.07, 6.45) is 10.8. The molecule has 2 N–H and O–H groups in total. The van der Waals surface area contributed by atoms with E-state index in [1.807, 2.05) is 30.2 Å². The van der Waals surface area contributed by atoms with Crippen LogP contribution in [0.2, 0.25) is 0 Å². The summed E-state index contributed by atoms with van der Waals surface area (Å²) in [6.45, 7) is 1.21. The summed E-state index contributed by atoms with van der Waals surface area (Å²) in [4.78, 5) is 22.5. The summed E-state index contributed by atoms with van der Waals surface area (Å²) in [6, 6.07) is -0.186. The molecule has 1 aromatic rings. The lowest BCUT2D eigenvalue weighted by atomic mass is 9.96. The van der Waals surface area contributed by atoms with Gasteiger partial charge in [-0.15, -0.1) is 0 Å². The van der Waals surface area contributed by atoms with E-state index >= 15 is 0 Å². The van der Waals surface area contributed by atoms with Crippen molar-refractivity contribution < 1.29 is 14.6 Å². The molecule has 1 aromatic heterocycles. The minimum absolute atomic E-state index is 0.0285. The second kappa shape index (κ2) is 8.91. The van der Waals surface area contributed by atoms with Gasteiger partial charge in [0.15, 0.2) is 5.82 Å². The molecule has 2 heterocycles. The van der Waals surface area contributed by atoms with Gasteiger partial charge < -0.3 is 24.9 Å². The third kappa shape index (κ3) is 4.28. The molecular formula is C19H26N4O3. The number of aromatic nitrogens is 2. The Labute approximate surface area is 153 Å². The standard InChI is InChI=1S/C19H26N4O3/c1-23(9-10-24)19-15-6-2-3-7-16(15)21-18(22-19)17-13-14(26-12-11-25)5-4-8-20-17/h4-5,10,13,17,20,25H,2-3,6-9,11-12H2,1H3. The van der Waals surface area contributed by atoms with E-state index in [1.165, 1.54) is 0 Å². The van der Waals surface area contributed by atoms with E-state index in [0.717, 1.165) is 49.0 Å². The van der Waals surface area contributed by atoms with E-state index in [4.69, 9.17) is 19.8 Å². The Morgan fingerprint density at radius 1 is 1.38 bits per heavy atom. The number of aliphatic hydroxyl groups is 1. The lowest BCUT2D eigenvalue weighted by molar-refractivity contribution is -0.106. The van der Waals surface area contributed by atoms with E-state index in [0.29, 0.717) is 24.7 Å². The number of allylic oxidation sites excluding steroid dienone is 1. The summed E-state index contributed by atoms with van der Waals surface area (Å²) in [5.41, 5.74) is 2.25. The van der Waals surface area contributed by atoms with Gasteiger partial charge in [0.25, 0.3) is 0 Å². The van der Waals surface area contributed by atoms with Gasteiger partial charge in [-0.3, -0.25) is 0 Å². The SMILES string of the molecule is CN(CC=O)c1nc(C2C=C(OCCO)C=CCN2)nc2c1CCCC2. The van der Waals surface area contributed by atoms with Crippen LogP contribution in [-0.2, 0) is 22.4 Å². The maximum Gasteiger partial charge on any atom is 0.151 e. The number of carbonyl (C=O) groups is 1. The highest BCUT2D eigenvalue weighted by Gasteiger charge is 2.23. The highest BCUT2D eigenvalue weighted by atomic mass is 16.5. The van der Waals surface area contributed by atoms with Crippen LogP contribution in [0.25, 0.3) is 0 Å². The first kappa shape index (κ1) is 18.5. The van der Waals surface area contributed by atoms with Crippen molar-refractivity contribution in [3.05, 3.63) is 41.1 Å². The maximum atomic E-state index is 11.0. The molecule has 7 heteroatoms. The van der Waals surface area contributed by atoms with Crippen molar-refractivity contribution in [2.75, 3.05) is 38.3 Å². The van der Waals surface area contributed by atoms with Crippen LogP contribution >= 0.6 is 0 Å². The number of hydrogen-bond donors (Lipinski definition) is 2. The molecule has 140 valence electrons. The van der Waals surface area contributed by atoms with Crippen molar-refractivity contribution in [2.45, 2.75) is 31.7 Å². The molecule has 1 unspecified atom stereocenters. The molecule has 26 heavy (non-hydrogen) atoms. The number of aliphatic hydroxyl groups excluding tert-OH is 1. The molecule has 0 aromatic carbocycles. The number of hydrogen-bond acceptors (Lipinski definition) is 7. The van der Waals surface area contributed by atoms with Gasteiger partial charge >= 0.3 is 0 Å². The van der Waals surface area contributed by atoms with Gasteiger partial charge in [0.2, 0.25) is 0 Å². The second-order valence-corrected chi connectivity index (χ2v) is 6.51. The number of nitrogens with one attached hydrogen (secondary N) is 1. The van der Waals surface area contributed by atoms with Gasteiger partial charge in [-0.2, -0.15) is 0 Å². The number of rotatable bonds is 7. The van der Waals surface area contributed by atoms with Gasteiger partial charge in [-0.25, -0.2) is 9.97 Å². The largest absolute Gasteiger partial charge is 0.491 e. The Hall–Kier alpha value is -2.25. The minimum atomic E-state index is -0.186. The van der Waals surface area contributed by atoms with Crippen molar-refractivity contribution in [1.29, 1.82) is 0 Å². The molecule has 1 aliphatic carbocycles. The molecule has 0 saturated carbocycles. The number of likely N-dealkylation sites (N-methyl/N-ethyl adjacent to an activating group) is 1. The average molecular weight is 358 g/mol. The molecule has 0 radical (unpaired) electrons. The molecule has 2 aliphatic rings. The van der Waals surface area contributed by atoms with Gasteiger partial charge in [-0.1, -0.05) is 6.08 Å². The van der Waals surface area contributed by atoms with Crippen molar-refractivity contribution in [3.8, 4) is 0 Å². The Bertz CT molecular complexity index is 702. The Kier molecular flexibility index (Phi) is 6.35. The van der Waals surface area contributed by atoms with E-state index < -0.39 is 0 Å². The number of aldehydes is 1. The molecule has 0 saturated heterocycles. The first-order chi connectivity index (χ1) is 12.7. The quantitative estimate of drug-likeness (QED) is 0.705. The summed E-state index contributed by atoms with van der Waals surface area (Å²) in [5, 5.41) is 12.4. The van der Waals surface area contributed by atoms with Crippen LogP contribution in [-0.4, -0.2) is 54.7 Å². The van der Waals surface area contributed by atoms with Crippen LogP contribution in [0.1, 0.15) is 36.0 Å². The molecule has 3 rings (SSSR count). The first-order valence-corrected chi connectivity index (χ1v) is 9.12. The zero-order valence-electron chi connectivity index (χ0n) is 15.1. The van der Waals surface area contributed by atoms with Crippen molar-refractivity contribution in [3.63, 3.8) is 0 Å². The van der Waals surface area contributed by atoms with E-state index in [1.54, 1.807) is 0 Å². The third-order valence-corrected chi connectivity index (χ3v) is 4.60. The maximum absolute atomic E-state index is 11.0. The van der Waals surface area contributed by atoms with E-state index in [9.17, 15) is 4.79 Å². The normalized spacial score (nSPS) is 19.3. The summed E-state index contributed by atoms with van der Waals surface area (Å²) in [7, 11) is 1.89. The summed E-state index contributed by atoms with van der Waals surface area (Å²) < 4.78 is 5.56. The van der Waals surface area contributed by atoms with Gasteiger partial charge in [0, 0.05) is 24.8 Å². The van der Waals surface area contributed by atoms with E-state index in [-0.39, 0.29) is 19.3 Å². The van der Waals surface area contributed by atoms with Crippen LogP contribution in [0.15, 0.2) is 24.0 Å². The highest BCUT2D eigenvalue weighted by Crippen LogP contribution is 2.29. The summed E-state index contributed by atoms with van der Waals surface area (Å²) >= 11 is 0. The van der Waals surface area contributed by atoms with Crippen molar-refractivity contribution >= 4 is 12.1 Å². The zero-order chi connectivity index (χ0) is 18.4. The molecule has 0 amide bonds. The number of anilines is 1. The zero-order valence-corrected chi connectivity index (χ0v) is 15.1. The molecule has 1 atom stereocenters. The smallest absolute Gasteiger partial charge is 0.151 e. The third-order valence-electron chi connectivity index (χ3n) is 4.60. The average Bonchev–Trinajstić information content (AvgIpc) is 2.91. The number of ether oxygens (including phenoxy) is 1. The van der Waals surface area contributed by atoms with Crippen LogP contribution in [0.4, 0.5) is 5.82 Å². The predicted molar refractivity (Wildman–Crippen MR) is 99.0 cm³/mol. The fourth-order valence-electron chi connectivity index (χ4n) is 3.32. The number of carbonyl (C=O) groups excluding carboxylic acids is 1. The summed E-state index contributed by atoms with van der Waals surface area (Å²) in [5.74, 6) is 2.23. The monoisotopic (exact) mass is 358 g/mol. The molecule has 0 fully saturated rings. The van der Waals surface area contributed by atoms with Crippen LogP contribution in [0, 0.1) is 0 Å². The number of aryl methyl sites for hydroxylation is 1. The van der Waals surface area contributed by atoms with Crippen molar-refractivity contribution in [1.82, 2.24) is 15.3 Å². The Morgan fingerprint density at radius 2 is 2.23 bits per heavy atom. The second-order valence-electron chi connectivity index (χ2n) is 6.51. The molecular weight excluding hydrogens is 332 g/mol.